The molecule has 1 atom stereocenters. The second-order valence-electron chi connectivity index (χ2n) is 5.69. The molecule has 2 aromatic rings. The van der Waals surface area contributed by atoms with Crippen LogP contribution in [0.25, 0.3) is 0 Å². The Bertz CT molecular complexity index is 916. The van der Waals surface area contributed by atoms with E-state index < -0.39 is 35.3 Å². The standard InChI is InChI=1S/C17H14F3N3O4/c1-2-27-16(26)9-5-3-8(4-6-9)11-10-7-21-23-14(10)22-13(17(18,19)20)12(11)15(24)25/h3-7,11H,2H2,1H3,(H,24,25)(H2,21,22,23). The number of nitrogens with one attached hydrogen (secondary N) is 2. The van der Waals surface area contributed by atoms with E-state index in [0.29, 0.717) is 0 Å². The van der Waals surface area contributed by atoms with Crippen LogP contribution in [0.1, 0.15) is 34.3 Å². The molecule has 1 aromatic carbocycles. The van der Waals surface area contributed by atoms with Crippen molar-refractivity contribution in [3.8, 4) is 0 Å². The van der Waals surface area contributed by atoms with E-state index in [1.807, 2.05) is 0 Å². The summed E-state index contributed by atoms with van der Waals surface area (Å²) in [7, 11) is 0. The van der Waals surface area contributed by atoms with Gasteiger partial charge in [0.05, 0.1) is 23.9 Å². The minimum absolute atomic E-state index is 0.0354. The average Bonchev–Trinajstić information content (AvgIpc) is 3.08. The van der Waals surface area contributed by atoms with Gasteiger partial charge in [0.15, 0.2) is 0 Å². The quantitative estimate of drug-likeness (QED) is 0.704. The molecular weight excluding hydrogens is 367 g/mol. The highest BCUT2D eigenvalue weighted by Crippen LogP contribution is 2.45. The molecule has 0 amide bonds. The lowest BCUT2D eigenvalue weighted by atomic mass is 9.82. The van der Waals surface area contributed by atoms with Crippen LogP contribution in [-0.4, -0.2) is 40.0 Å². The summed E-state index contributed by atoms with van der Waals surface area (Å²) in [5.74, 6) is -3.54. The SMILES string of the molecule is CCOC(=O)c1ccc(C2C(C(=O)O)=C(C(F)(F)F)Nc3[nH]ncc32)cc1. The highest BCUT2D eigenvalue weighted by atomic mass is 19.4. The lowest BCUT2D eigenvalue weighted by molar-refractivity contribution is -0.134. The van der Waals surface area contributed by atoms with Crippen molar-refractivity contribution < 1.29 is 32.6 Å². The molecule has 1 aliphatic rings. The van der Waals surface area contributed by atoms with Crippen LogP contribution in [0.2, 0.25) is 0 Å². The first kappa shape index (κ1) is 18.5. The van der Waals surface area contributed by atoms with Crippen molar-refractivity contribution in [3.05, 3.63) is 58.4 Å². The fourth-order valence-corrected chi connectivity index (χ4v) is 2.93. The number of allylic oxidation sites excluding steroid dienone is 1. The van der Waals surface area contributed by atoms with Crippen molar-refractivity contribution in [1.82, 2.24) is 10.2 Å². The second kappa shape index (κ2) is 6.78. The van der Waals surface area contributed by atoms with Gasteiger partial charge in [0.1, 0.15) is 11.5 Å². The van der Waals surface area contributed by atoms with Crippen LogP contribution in [0.5, 0.6) is 0 Å². The van der Waals surface area contributed by atoms with Crippen LogP contribution < -0.4 is 5.32 Å². The number of aromatic amines is 1. The number of benzene rings is 1. The van der Waals surface area contributed by atoms with Crippen molar-refractivity contribution in [2.45, 2.75) is 19.0 Å². The Morgan fingerprint density at radius 1 is 1.26 bits per heavy atom. The molecule has 7 nitrogen and oxygen atoms in total. The number of esters is 1. The molecule has 0 bridgehead atoms. The molecule has 0 aliphatic carbocycles. The largest absolute Gasteiger partial charge is 0.478 e. The molecule has 0 saturated heterocycles. The number of carbonyl (C=O) groups is 2. The Hall–Kier alpha value is -3.30. The minimum atomic E-state index is -4.90. The zero-order valence-corrected chi connectivity index (χ0v) is 13.9. The highest BCUT2D eigenvalue weighted by Gasteiger charge is 2.45. The number of aromatic nitrogens is 2. The van der Waals surface area contributed by atoms with Gasteiger partial charge in [-0.3, -0.25) is 5.10 Å². The van der Waals surface area contributed by atoms with Crippen molar-refractivity contribution in [3.63, 3.8) is 0 Å². The molecule has 2 heterocycles. The van der Waals surface area contributed by atoms with E-state index in [4.69, 9.17) is 4.74 Å². The van der Waals surface area contributed by atoms with E-state index >= 15 is 0 Å². The Morgan fingerprint density at radius 3 is 2.48 bits per heavy atom. The third kappa shape index (κ3) is 3.37. The molecule has 3 N–H and O–H groups in total. The van der Waals surface area contributed by atoms with Crippen molar-refractivity contribution in [2.24, 2.45) is 0 Å². The summed E-state index contributed by atoms with van der Waals surface area (Å²) < 4.78 is 45.1. The maximum Gasteiger partial charge on any atom is 0.431 e. The van der Waals surface area contributed by atoms with Crippen LogP contribution in [0.3, 0.4) is 0 Å². The summed E-state index contributed by atoms with van der Waals surface area (Å²) in [5.41, 5.74) is -1.49. The van der Waals surface area contributed by atoms with Crippen molar-refractivity contribution >= 4 is 17.8 Å². The molecule has 0 fully saturated rings. The number of anilines is 1. The number of H-pyrrole nitrogens is 1. The van der Waals surface area contributed by atoms with Gasteiger partial charge in [-0.15, -0.1) is 0 Å². The first-order valence-corrected chi connectivity index (χ1v) is 7.86. The summed E-state index contributed by atoms with van der Waals surface area (Å²) >= 11 is 0. The fraction of sp³-hybridized carbons (Fsp3) is 0.235. The van der Waals surface area contributed by atoms with Crippen LogP contribution >= 0.6 is 0 Å². The molecule has 10 heteroatoms. The number of rotatable bonds is 4. The van der Waals surface area contributed by atoms with E-state index in [2.05, 4.69) is 15.5 Å². The van der Waals surface area contributed by atoms with Crippen LogP contribution in [0.15, 0.2) is 41.7 Å². The van der Waals surface area contributed by atoms with Gasteiger partial charge in [-0.1, -0.05) is 12.1 Å². The van der Waals surface area contributed by atoms with Gasteiger partial charge in [-0.05, 0) is 24.6 Å². The third-order valence-electron chi connectivity index (χ3n) is 4.06. The number of hydrogen-bond donors (Lipinski definition) is 3. The lowest BCUT2D eigenvalue weighted by Crippen LogP contribution is -2.31. The summed E-state index contributed by atoms with van der Waals surface area (Å²) in [4.78, 5) is 23.4. The molecule has 1 aliphatic heterocycles. The molecule has 1 unspecified atom stereocenters. The number of carbonyl (C=O) groups excluding carboxylic acids is 1. The summed E-state index contributed by atoms with van der Waals surface area (Å²) in [6.45, 7) is 1.82. The maximum absolute atomic E-state index is 13.4. The number of carboxylic acids is 1. The highest BCUT2D eigenvalue weighted by molar-refractivity contribution is 5.94. The van der Waals surface area contributed by atoms with E-state index in [-0.39, 0.29) is 29.1 Å². The van der Waals surface area contributed by atoms with Gasteiger partial charge in [-0.25, -0.2) is 9.59 Å². The average molecular weight is 381 g/mol. The summed E-state index contributed by atoms with van der Waals surface area (Å²) in [5, 5.41) is 17.7. The number of nitrogens with zero attached hydrogens (tertiary/aromatic N) is 1. The Morgan fingerprint density at radius 2 is 1.93 bits per heavy atom. The third-order valence-corrected chi connectivity index (χ3v) is 4.06. The number of fused-ring (bicyclic) bond motifs is 1. The Balaban J connectivity index is 2.12. The lowest BCUT2D eigenvalue weighted by Gasteiger charge is -2.28. The van der Waals surface area contributed by atoms with E-state index in [1.165, 1.54) is 30.5 Å². The van der Waals surface area contributed by atoms with Crippen LogP contribution in [0.4, 0.5) is 19.0 Å². The van der Waals surface area contributed by atoms with Crippen LogP contribution in [0, 0.1) is 0 Å². The topological polar surface area (TPSA) is 104 Å². The van der Waals surface area contributed by atoms with Gasteiger partial charge >= 0.3 is 18.1 Å². The smallest absolute Gasteiger partial charge is 0.431 e. The van der Waals surface area contributed by atoms with Gasteiger partial charge in [0.2, 0.25) is 0 Å². The summed E-state index contributed by atoms with van der Waals surface area (Å²) in [6.07, 6.45) is -3.64. The number of ether oxygens (including phenoxy) is 1. The molecule has 27 heavy (non-hydrogen) atoms. The molecule has 0 radical (unpaired) electrons. The van der Waals surface area contributed by atoms with E-state index in [9.17, 15) is 27.9 Å². The predicted octanol–water partition coefficient (Wildman–Crippen LogP) is 3.04. The fourth-order valence-electron chi connectivity index (χ4n) is 2.93. The molecular formula is C17H14F3N3O4. The van der Waals surface area contributed by atoms with Crippen molar-refractivity contribution in [1.29, 1.82) is 0 Å². The zero-order chi connectivity index (χ0) is 19.8. The molecule has 142 valence electrons. The van der Waals surface area contributed by atoms with Crippen molar-refractivity contribution in [2.75, 3.05) is 11.9 Å². The monoisotopic (exact) mass is 381 g/mol. The molecule has 1 aromatic heterocycles. The molecule has 3 rings (SSSR count). The zero-order valence-electron chi connectivity index (χ0n) is 13.9. The van der Waals surface area contributed by atoms with E-state index in [1.54, 1.807) is 6.92 Å². The predicted molar refractivity (Wildman–Crippen MR) is 87.2 cm³/mol. The van der Waals surface area contributed by atoms with Gasteiger partial charge in [0.25, 0.3) is 0 Å². The number of alkyl halides is 3. The van der Waals surface area contributed by atoms with Gasteiger partial charge in [0, 0.05) is 11.5 Å². The number of hydrogen-bond acceptors (Lipinski definition) is 5. The number of carboxylic acid groups (broad SMARTS) is 1. The molecule has 0 spiro atoms. The Labute approximate surface area is 150 Å². The first-order chi connectivity index (χ1) is 12.7. The molecule has 0 saturated carbocycles. The normalized spacial score (nSPS) is 16.5. The number of aliphatic carboxylic acids is 1. The van der Waals surface area contributed by atoms with Gasteiger partial charge < -0.3 is 15.2 Å². The first-order valence-electron chi connectivity index (χ1n) is 7.86. The van der Waals surface area contributed by atoms with Crippen LogP contribution in [-0.2, 0) is 9.53 Å². The summed E-state index contributed by atoms with van der Waals surface area (Å²) in [6, 6.07) is 5.55. The van der Waals surface area contributed by atoms with Gasteiger partial charge in [-0.2, -0.15) is 18.3 Å². The number of halogens is 3. The van der Waals surface area contributed by atoms with E-state index in [0.717, 1.165) is 0 Å². The Kier molecular flexibility index (Phi) is 4.64. The second-order valence-corrected chi connectivity index (χ2v) is 5.69. The maximum atomic E-state index is 13.4. The minimum Gasteiger partial charge on any atom is -0.478 e.